The summed E-state index contributed by atoms with van der Waals surface area (Å²) in [6.07, 6.45) is 0. The molecule has 0 amide bonds. The third-order valence-electron chi connectivity index (χ3n) is 3.80. The molecule has 0 saturated heterocycles. The number of anilines is 4. The monoisotopic (exact) mass is 322 g/mol. The van der Waals surface area contributed by atoms with Crippen molar-refractivity contribution in [2.75, 3.05) is 10.6 Å². The first-order valence-corrected chi connectivity index (χ1v) is 7.73. The standard InChI is InChI=1S/C19H19FN4/c1-12-6-4-9-17(14(12)3)23-19-21-13(2)10-18(24-19)22-16-8-5-7-15(20)11-16/h4-11H,1-3H3,(H2,21,22,23,24). The summed E-state index contributed by atoms with van der Waals surface area (Å²) in [5, 5.41) is 6.36. The molecule has 3 aromatic rings. The van der Waals surface area contributed by atoms with Crippen molar-refractivity contribution in [2.45, 2.75) is 20.8 Å². The first-order valence-electron chi connectivity index (χ1n) is 7.73. The molecular formula is C19H19FN4. The molecule has 0 aliphatic heterocycles. The lowest BCUT2D eigenvalue weighted by atomic mass is 10.1. The van der Waals surface area contributed by atoms with Gasteiger partial charge in [-0.1, -0.05) is 18.2 Å². The molecule has 0 unspecified atom stereocenters. The second-order valence-corrected chi connectivity index (χ2v) is 5.73. The number of rotatable bonds is 4. The lowest BCUT2D eigenvalue weighted by Crippen LogP contribution is -2.03. The van der Waals surface area contributed by atoms with Crippen molar-refractivity contribution in [2.24, 2.45) is 0 Å². The third-order valence-corrected chi connectivity index (χ3v) is 3.80. The van der Waals surface area contributed by atoms with Crippen LogP contribution in [0.25, 0.3) is 0 Å². The van der Waals surface area contributed by atoms with E-state index in [4.69, 9.17) is 0 Å². The molecule has 4 nitrogen and oxygen atoms in total. The maximum atomic E-state index is 13.3. The fourth-order valence-electron chi connectivity index (χ4n) is 2.41. The van der Waals surface area contributed by atoms with Crippen molar-refractivity contribution in [3.05, 3.63) is 71.2 Å². The smallest absolute Gasteiger partial charge is 0.229 e. The van der Waals surface area contributed by atoms with Crippen molar-refractivity contribution < 1.29 is 4.39 Å². The van der Waals surface area contributed by atoms with E-state index in [0.717, 1.165) is 16.9 Å². The zero-order valence-corrected chi connectivity index (χ0v) is 13.9. The van der Waals surface area contributed by atoms with Crippen LogP contribution in [0.15, 0.2) is 48.5 Å². The number of nitrogens with zero attached hydrogens (tertiary/aromatic N) is 2. The Hall–Kier alpha value is -2.95. The predicted octanol–water partition coefficient (Wildman–Crippen LogP) is 5.03. The maximum absolute atomic E-state index is 13.3. The molecule has 0 radical (unpaired) electrons. The van der Waals surface area contributed by atoms with Crippen LogP contribution in [0.1, 0.15) is 16.8 Å². The number of aryl methyl sites for hydroxylation is 2. The van der Waals surface area contributed by atoms with Crippen LogP contribution in [0.5, 0.6) is 0 Å². The van der Waals surface area contributed by atoms with Crippen LogP contribution < -0.4 is 10.6 Å². The van der Waals surface area contributed by atoms with E-state index in [1.807, 2.05) is 25.1 Å². The molecule has 1 aromatic heterocycles. The lowest BCUT2D eigenvalue weighted by Gasteiger charge is -2.12. The zero-order valence-electron chi connectivity index (χ0n) is 13.9. The van der Waals surface area contributed by atoms with E-state index < -0.39 is 0 Å². The number of hydrogen-bond acceptors (Lipinski definition) is 4. The molecule has 0 bridgehead atoms. The van der Waals surface area contributed by atoms with Crippen molar-refractivity contribution in [3.63, 3.8) is 0 Å². The zero-order chi connectivity index (χ0) is 17.1. The van der Waals surface area contributed by atoms with Gasteiger partial charge in [0.15, 0.2) is 0 Å². The molecular weight excluding hydrogens is 303 g/mol. The summed E-state index contributed by atoms with van der Waals surface area (Å²) in [7, 11) is 0. The van der Waals surface area contributed by atoms with Gasteiger partial charge in [0.1, 0.15) is 11.6 Å². The van der Waals surface area contributed by atoms with Crippen LogP contribution in [0.3, 0.4) is 0 Å². The molecule has 122 valence electrons. The minimum absolute atomic E-state index is 0.292. The SMILES string of the molecule is Cc1cc(Nc2cccc(F)c2)nc(Nc2cccc(C)c2C)n1. The summed E-state index contributed by atoms with van der Waals surface area (Å²) in [6, 6.07) is 14.1. The minimum atomic E-state index is -0.292. The Morgan fingerprint density at radius 3 is 2.46 bits per heavy atom. The Kier molecular flexibility index (Phi) is 4.42. The third kappa shape index (κ3) is 3.68. The van der Waals surface area contributed by atoms with Gasteiger partial charge in [0.05, 0.1) is 0 Å². The molecule has 0 aliphatic carbocycles. The average Bonchev–Trinajstić information content (AvgIpc) is 2.51. The lowest BCUT2D eigenvalue weighted by molar-refractivity contribution is 0.628. The molecule has 2 N–H and O–H groups in total. The highest BCUT2D eigenvalue weighted by Crippen LogP contribution is 2.23. The number of benzene rings is 2. The fraction of sp³-hybridized carbons (Fsp3) is 0.158. The van der Waals surface area contributed by atoms with Gasteiger partial charge < -0.3 is 10.6 Å². The van der Waals surface area contributed by atoms with Crippen molar-refractivity contribution >= 4 is 23.1 Å². The minimum Gasteiger partial charge on any atom is -0.340 e. The largest absolute Gasteiger partial charge is 0.340 e. The van der Waals surface area contributed by atoms with Crippen molar-refractivity contribution in [3.8, 4) is 0 Å². The molecule has 0 aliphatic rings. The van der Waals surface area contributed by atoms with Crippen LogP contribution in [-0.2, 0) is 0 Å². The van der Waals surface area contributed by atoms with E-state index in [1.165, 1.54) is 17.7 Å². The van der Waals surface area contributed by atoms with Gasteiger partial charge in [0.2, 0.25) is 5.95 Å². The molecule has 5 heteroatoms. The van der Waals surface area contributed by atoms with E-state index in [1.54, 1.807) is 12.1 Å². The highest BCUT2D eigenvalue weighted by molar-refractivity contribution is 5.63. The van der Waals surface area contributed by atoms with Gasteiger partial charge in [0, 0.05) is 23.1 Å². The van der Waals surface area contributed by atoms with E-state index >= 15 is 0 Å². The molecule has 3 rings (SSSR count). The number of aromatic nitrogens is 2. The van der Waals surface area contributed by atoms with Gasteiger partial charge >= 0.3 is 0 Å². The molecule has 24 heavy (non-hydrogen) atoms. The van der Waals surface area contributed by atoms with E-state index in [-0.39, 0.29) is 5.82 Å². The molecule has 0 spiro atoms. The van der Waals surface area contributed by atoms with Crippen LogP contribution >= 0.6 is 0 Å². The van der Waals surface area contributed by atoms with Crippen LogP contribution in [-0.4, -0.2) is 9.97 Å². The Morgan fingerprint density at radius 1 is 0.875 bits per heavy atom. The van der Waals surface area contributed by atoms with Gasteiger partial charge in [-0.25, -0.2) is 9.37 Å². The van der Waals surface area contributed by atoms with Gasteiger partial charge in [-0.15, -0.1) is 0 Å². The highest BCUT2D eigenvalue weighted by atomic mass is 19.1. The Balaban J connectivity index is 1.87. The number of nitrogens with one attached hydrogen (secondary N) is 2. The number of hydrogen-bond donors (Lipinski definition) is 2. The molecule has 0 fully saturated rings. The van der Waals surface area contributed by atoms with Gasteiger partial charge in [-0.3, -0.25) is 0 Å². The summed E-state index contributed by atoms with van der Waals surface area (Å²) >= 11 is 0. The van der Waals surface area contributed by atoms with E-state index in [2.05, 4.69) is 40.5 Å². The van der Waals surface area contributed by atoms with Gasteiger partial charge in [-0.05, 0) is 56.2 Å². The summed E-state index contributed by atoms with van der Waals surface area (Å²) in [4.78, 5) is 8.89. The van der Waals surface area contributed by atoms with Crippen molar-refractivity contribution in [1.29, 1.82) is 0 Å². The molecule has 0 atom stereocenters. The summed E-state index contributed by atoms with van der Waals surface area (Å²) in [6.45, 7) is 6.01. The second-order valence-electron chi connectivity index (χ2n) is 5.73. The number of halogens is 1. The quantitative estimate of drug-likeness (QED) is 0.707. The van der Waals surface area contributed by atoms with Crippen LogP contribution in [0, 0.1) is 26.6 Å². The van der Waals surface area contributed by atoms with E-state index in [0.29, 0.717) is 17.5 Å². The first-order chi connectivity index (χ1) is 11.5. The van der Waals surface area contributed by atoms with Crippen LogP contribution in [0.2, 0.25) is 0 Å². The summed E-state index contributed by atoms with van der Waals surface area (Å²) < 4.78 is 13.3. The summed E-state index contributed by atoms with van der Waals surface area (Å²) in [5.41, 5.74) is 4.79. The summed E-state index contributed by atoms with van der Waals surface area (Å²) in [5.74, 6) is 0.822. The maximum Gasteiger partial charge on any atom is 0.229 e. The second kappa shape index (κ2) is 6.66. The average molecular weight is 322 g/mol. The molecule has 1 heterocycles. The van der Waals surface area contributed by atoms with Gasteiger partial charge in [-0.2, -0.15) is 4.98 Å². The molecule has 0 saturated carbocycles. The van der Waals surface area contributed by atoms with E-state index in [9.17, 15) is 4.39 Å². The van der Waals surface area contributed by atoms with Crippen molar-refractivity contribution in [1.82, 2.24) is 9.97 Å². The molecule has 2 aromatic carbocycles. The van der Waals surface area contributed by atoms with Crippen LogP contribution in [0.4, 0.5) is 27.5 Å². The Morgan fingerprint density at radius 2 is 1.67 bits per heavy atom. The first kappa shape index (κ1) is 15.9. The Bertz CT molecular complexity index is 877. The van der Waals surface area contributed by atoms with Gasteiger partial charge in [0.25, 0.3) is 0 Å². The predicted molar refractivity (Wildman–Crippen MR) is 95.7 cm³/mol. The fourth-order valence-corrected chi connectivity index (χ4v) is 2.41. The highest BCUT2D eigenvalue weighted by Gasteiger charge is 2.06. The Labute approximate surface area is 140 Å². The topological polar surface area (TPSA) is 49.8 Å². The normalized spacial score (nSPS) is 10.5.